The summed E-state index contributed by atoms with van der Waals surface area (Å²) in [6.45, 7) is 4.40. The lowest BCUT2D eigenvalue weighted by Gasteiger charge is -2.26. The van der Waals surface area contributed by atoms with Gasteiger partial charge < -0.3 is 14.8 Å². The normalized spacial score (nSPS) is 10.6. The molecule has 140 valence electrons. The zero-order valence-electron chi connectivity index (χ0n) is 15.2. The Morgan fingerprint density at radius 3 is 2.74 bits per heavy atom. The SMILES string of the molecule is Cc1cccc(NC(=S)N(CCCn2ccnc2)Cc2ccncc2)c1Cl. The number of aryl methyl sites for hydroxylation is 2. The van der Waals surface area contributed by atoms with E-state index < -0.39 is 0 Å². The third-order valence-electron chi connectivity index (χ3n) is 4.25. The molecular weight excluding hydrogens is 378 g/mol. The number of nitrogens with one attached hydrogen (secondary N) is 1. The first-order valence-corrected chi connectivity index (χ1v) is 9.58. The number of benzene rings is 1. The van der Waals surface area contributed by atoms with Crippen molar-refractivity contribution in [1.29, 1.82) is 0 Å². The van der Waals surface area contributed by atoms with Crippen LogP contribution in [0.5, 0.6) is 0 Å². The number of anilines is 1. The fraction of sp³-hybridized carbons (Fsp3) is 0.250. The number of hydrogen-bond acceptors (Lipinski definition) is 3. The van der Waals surface area contributed by atoms with Crippen LogP contribution in [0.25, 0.3) is 0 Å². The van der Waals surface area contributed by atoms with E-state index in [0.29, 0.717) is 16.7 Å². The Morgan fingerprint density at radius 2 is 2.00 bits per heavy atom. The molecule has 0 saturated heterocycles. The number of halogens is 1. The molecule has 0 unspecified atom stereocenters. The van der Waals surface area contributed by atoms with Gasteiger partial charge in [0.2, 0.25) is 0 Å². The fourth-order valence-electron chi connectivity index (χ4n) is 2.76. The van der Waals surface area contributed by atoms with Crippen LogP contribution in [-0.2, 0) is 13.1 Å². The van der Waals surface area contributed by atoms with E-state index >= 15 is 0 Å². The lowest BCUT2D eigenvalue weighted by atomic mass is 10.2. The van der Waals surface area contributed by atoms with E-state index in [0.717, 1.165) is 36.3 Å². The molecule has 3 rings (SSSR count). The van der Waals surface area contributed by atoms with Crippen molar-refractivity contribution in [1.82, 2.24) is 19.4 Å². The largest absolute Gasteiger partial charge is 0.345 e. The third-order valence-corrected chi connectivity index (χ3v) is 5.11. The van der Waals surface area contributed by atoms with Gasteiger partial charge in [0.25, 0.3) is 0 Å². The van der Waals surface area contributed by atoms with Crippen LogP contribution in [0.4, 0.5) is 5.69 Å². The Kier molecular flexibility index (Phi) is 6.79. The Bertz CT molecular complexity index is 867. The summed E-state index contributed by atoms with van der Waals surface area (Å²) in [5.74, 6) is 0. The zero-order valence-corrected chi connectivity index (χ0v) is 16.7. The molecule has 1 N–H and O–H groups in total. The van der Waals surface area contributed by atoms with Crippen molar-refractivity contribution in [2.45, 2.75) is 26.4 Å². The van der Waals surface area contributed by atoms with Crippen molar-refractivity contribution >= 4 is 34.6 Å². The van der Waals surface area contributed by atoms with Gasteiger partial charge in [0.05, 0.1) is 17.0 Å². The minimum absolute atomic E-state index is 0.657. The van der Waals surface area contributed by atoms with Crippen LogP contribution in [0.2, 0.25) is 5.02 Å². The van der Waals surface area contributed by atoms with E-state index in [1.807, 2.05) is 49.8 Å². The van der Waals surface area contributed by atoms with E-state index in [1.54, 1.807) is 18.6 Å². The average molecular weight is 400 g/mol. The monoisotopic (exact) mass is 399 g/mol. The molecule has 0 fully saturated rings. The van der Waals surface area contributed by atoms with Crippen LogP contribution < -0.4 is 5.32 Å². The molecule has 0 radical (unpaired) electrons. The number of nitrogens with zero attached hydrogens (tertiary/aromatic N) is 4. The zero-order chi connectivity index (χ0) is 19.1. The summed E-state index contributed by atoms with van der Waals surface area (Å²) < 4.78 is 2.07. The van der Waals surface area contributed by atoms with Crippen LogP contribution >= 0.6 is 23.8 Å². The van der Waals surface area contributed by atoms with Gasteiger partial charge >= 0.3 is 0 Å². The Labute approximate surface area is 170 Å². The van der Waals surface area contributed by atoms with Crippen molar-refractivity contribution in [3.8, 4) is 0 Å². The lowest BCUT2D eigenvalue weighted by Crippen LogP contribution is -2.35. The van der Waals surface area contributed by atoms with Crippen molar-refractivity contribution < 1.29 is 0 Å². The fourth-order valence-corrected chi connectivity index (χ4v) is 3.20. The van der Waals surface area contributed by atoms with E-state index in [1.165, 1.54) is 0 Å². The predicted octanol–water partition coefficient (Wildman–Crippen LogP) is 4.53. The maximum absolute atomic E-state index is 6.41. The maximum Gasteiger partial charge on any atom is 0.173 e. The van der Waals surface area contributed by atoms with Crippen molar-refractivity contribution in [3.05, 3.63) is 77.6 Å². The summed E-state index contributed by atoms with van der Waals surface area (Å²) in [6, 6.07) is 9.91. The Balaban J connectivity index is 1.69. The average Bonchev–Trinajstić information content (AvgIpc) is 3.19. The van der Waals surface area contributed by atoms with Gasteiger partial charge in [0, 0.05) is 44.4 Å². The Morgan fingerprint density at radius 1 is 1.19 bits per heavy atom. The van der Waals surface area contributed by atoms with Crippen LogP contribution in [0, 0.1) is 6.92 Å². The third kappa shape index (κ3) is 5.52. The van der Waals surface area contributed by atoms with E-state index in [2.05, 4.69) is 24.8 Å². The molecule has 27 heavy (non-hydrogen) atoms. The molecule has 5 nitrogen and oxygen atoms in total. The van der Waals surface area contributed by atoms with Crippen LogP contribution in [0.3, 0.4) is 0 Å². The summed E-state index contributed by atoms with van der Waals surface area (Å²) in [6.07, 6.45) is 10.1. The molecule has 0 atom stereocenters. The van der Waals surface area contributed by atoms with Gasteiger partial charge in [-0.15, -0.1) is 0 Å². The highest BCUT2D eigenvalue weighted by Crippen LogP contribution is 2.25. The standard InChI is InChI=1S/C20H22ClN5S/c1-16-4-2-5-18(19(16)21)24-20(27)26(14-17-6-8-22-9-7-17)12-3-11-25-13-10-23-15-25/h2,4-10,13,15H,3,11-12,14H2,1H3,(H,24,27). The van der Waals surface area contributed by atoms with Gasteiger partial charge in [-0.25, -0.2) is 4.98 Å². The second-order valence-electron chi connectivity index (χ2n) is 6.30. The molecule has 0 aliphatic carbocycles. The highest BCUT2D eigenvalue weighted by Gasteiger charge is 2.13. The number of rotatable bonds is 7. The van der Waals surface area contributed by atoms with Crippen molar-refractivity contribution in [2.24, 2.45) is 0 Å². The Hall–Kier alpha value is -2.44. The van der Waals surface area contributed by atoms with E-state index in [9.17, 15) is 0 Å². The molecular formula is C20H22ClN5S. The van der Waals surface area contributed by atoms with Gasteiger partial charge in [-0.05, 0) is 54.9 Å². The van der Waals surface area contributed by atoms with Gasteiger partial charge in [-0.2, -0.15) is 0 Å². The summed E-state index contributed by atoms with van der Waals surface area (Å²) in [7, 11) is 0. The summed E-state index contributed by atoms with van der Waals surface area (Å²) >= 11 is 12.1. The second kappa shape index (κ2) is 9.48. The highest BCUT2D eigenvalue weighted by atomic mass is 35.5. The van der Waals surface area contributed by atoms with Crippen LogP contribution in [-0.4, -0.2) is 31.1 Å². The van der Waals surface area contributed by atoms with E-state index in [4.69, 9.17) is 23.8 Å². The van der Waals surface area contributed by atoms with Crippen molar-refractivity contribution in [3.63, 3.8) is 0 Å². The first kappa shape index (κ1) is 19.3. The molecule has 0 saturated carbocycles. The number of imidazole rings is 1. The second-order valence-corrected chi connectivity index (χ2v) is 7.06. The minimum atomic E-state index is 0.657. The molecule has 7 heteroatoms. The number of pyridine rings is 1. The topological polar surface area (TPSA) is 46.0 Å². The van der Waals surface area contributed by atoms with Gasteiger partial charge in [0.1, 0.15) is 0 Å². The minimum Gasteiger partial charge on any atom is -0.345 e. The molecule has 1 aromatic carbocycles. The number of aromatic nitrogens is 3. The molecule has 2 heterocycles. The molecule has 0 bridgehead atoms. The molecule has 0 aliphatic heterocycles. The van der Waals surface area contributed by atoms with Gasteiger partial charge in [-0.3, -0.25) is 4.98 Å². The van der Waals surface area contributed by atoms with Crippen LogP contribution in [0.15, 0.2) is 61.4 Å². The van der Waals surface area contributed by atoms with Gasteiger partial charge in [0.15, 0.2) is 5.11 Å². The molecule has 0 spiro atoms. The molecule has 0 aliphatic rings. The lowest BCUT2D eigenvalue weighted by molar-refractivity contribution is 0.396. The first-order valence-electron chi connectivity index (χ1n) is 8.79. The maximum atomic E-state index is 6.41. The molecule has 3 aromatic rings. The van der Waals surface area contributed by atoms with Crippen molar-refractivity contribution in [2.75, 3.05) is 11.9 Å². The predicted molar refractivity (Wildman–Crippen MR) is 114 cm³/mol. The van der Waals surface area contributed by atoms with Crippen LogP contribution in [0.1, 0.15) is 17.5 Å². The van der Waals surface area contributed by atoms with Gasteiger partial charge in [-0.1, -0.05) is 23.7 Å². The number of hydrogen-bond donors (Lipinski definition) is 1. The number of thiocarbonyl (C=S) groups is 1. The van der Waals surface area contributed by atoms with E-state index in [-0.39, 0.29) is 0 Å². The smallest absolute Gasteiger partial charge is 0.173 e. The molecule has 2 aromatic heterocycles. The molecule has 0 amide bonds. The summed E-state index contributed by atoms with van der Waals surface area (Å²) in [5.41, 5.74) is 3.01. The first-order chi connectivity index (χ1) is 13.1. The highest BCUT2D eigenvalue weighted by molar-refractivity contribution is 7.80. The summed E-state index contributed by atoms with van der Waals surface area (Å²) in [5, 5.41) is 4.66. The summed E-state index contributed by atoms with van der Waals surface area (Å²) in [4.78, 5) is 10.3. The quantitative estimate of drug-likeness (QED) is 0.591.